The van der Waals surface area contributed by atoms with Crippen molar-refractivity contribution in [3.05, 3.63) is 42.0 Å². The molecule has 1 unspecified atom stereocenters. The fraction of sp³-hybridized carbons (Fsp3) is 0.353. The largest absolute Gasteiger partial charge is 0.496 e. The molecule has 2 aromatic carbocycles. The van der Waals surface area contributed by atoms with Gasteiger partial charge in [-0.1, -0.05) is 30.3 Å². The van der Waals surface area contributed by atoms with Gasteiger partial charge in [-0.3, -0.25) is 4.99 Å². The number of hydrogen-bond acceptors (Lipinski definition) is 4. The number of aliphatic imine (C=N–C) groups is 1. The predicted molar refractivity (Wildman–Crippen MR) is 84.6 cm³/mol. The first kappa shape index (κ1) is 12.5. The van der Waals surface area contributed by atoms with E-state index in [1.54, 1.807) is 7.11 Å². The second-order valence-corrected chi connectivity index (χ2v) is 5.76. The number of guanidine groups is 1. The minimum Gasteiger partial charge on any atom is -0.496 e. The fourth-order valence-electron chi connectivity index (χ4n) is 3.33. The summed E-state index contributed by atoms with van der Waals surface area (Å²) in [7, 11) is 1.73. The molecule has 0 aromatic heterocycles. The Morgan fingerprint density at radius 1 is 1.19 bits per heavy atom. The molecular formula is C17H19N3O. The van der Waals surface area contributed by atoms with E-state index in [2.05, 4.69) is 46.3 Å². The zero-order valence-corrected chi connectivity index (χ0v) is 12.1. The first-order valence-electron chi connectivity index (χ1n) is 7.43. The summed E-state index contributed by atoms with van der Waals surface area (Å²) in [6, 6.07) is 13.3. The van der Waals surface area contributed by atoms with Crippen LogP contribution in [0.1, 0.15) is 24.4 Å². The third kappa shape index (κ3) is 1.94. The topological polar surface area (TPSA) is 50.9 Å². The highest BCUT2D eigenvalue weighted by atomic mass is 16.5. The van der Waals surface area contributed by atoms with Crippen LogP contribution < -0.4 is 10.5 Å². The van der Waals surface area contributed by atoms with Crippen molar-refractivity contribution in [1.29, 1.82) is 0 Å². The first-order chi connectivity index (χ1) is 10.3. The van der Waals surface area contributed by atoms with Crippen molar-refractivity contribution in [3.8, 4) is 5.75 Å². The van der Waals surface area contributed by atoms with E-state index in [1.165, 1.54) is 29.2 Å². The van der Waals surface area contributed by atoms with E-state index in [0.717, 1.165) is 5.75 Å². The van der Waals surface area contributed by atoms with Gasteiger partial charge in [-0.2, -0.15) is 0 Å². The Hall–Kier alpha value is -2.23. The minimum atomic E-state index is 0.193. The second kappa shape index (κ2) is 4.65. The Morgan fingerprint density at radius 2 is 2.00 bits per heavy atom. The number of benzene rings is 2. The Kier molecular flexibility index (Phi) is 2.77. The number of methoxy groups -OCH3 is 1. The van der Waals surface area contributed by atoms with Crippen LogP contribution in [0.2, 0.25) is 0 Å². The molecule has 1 atom stereocenters. The van der Waals surface area contributed by atoms with E-state index in [-0.39, 0.29) is 6.04 Å². The average molecular weight is 281 g/mol. The SMILES string of the molecule is COc1ccc2ccccc2c1C1CN=C(N)N1C1CC1. The standard InChI is InChI=1S/C17H19N3O/c1-21-15-9-6-11-4-2-3-5-13(11)16(15)14-10-19-17(18)20(14)12-7-8-12/h2-6,9,12,14H,7-8,10H2,1H3,(H2,18,19). The van der Waals surface area contributed by atoms with Crippen LogP contribution in [-0.2, 0) is 0 Å². The molecule has 4 heteroatoms. The lowest BCUT2D eigenvalue weighted by Gasteiger charge is -2.28. The second-order valence-electron chi connectivity index (χ2n) is 5.76. The maximum Gasteiger partial charge on any atom is 0.192 e. The number of nitrogens with zero attached hydrogens (tertiary/aromatic N) is 2. The smallest absolute Gasteiger partial charge is 0.192 e. The zero-order chi connectivity index (χ0) is 14.4. The normalized spacial score (nSPS) is 21.7. The van der Waals surface area contributed by atoms with Crippen LogP contribution in [0.5, 0.6) is 5.75 Å². The fourth-order valence-corrected chi connectivity index (χ4v) is 3.33. The molecular weight excluding hydrogens is 262 g/mol. The molecule has 0 spiro atoms. The van der Waals surface area contributed by atoms with Gasteiger partial charge in [0, 0.05) is 11.6 Å². The van der Waals surface area contributed by atoms with Gasteiger partial charge in [-0.15, -0.1) is 0 Å². The third-order valence-corrected chi connectivity index (χ3v) is 4.45. The molecule has 4 rings (SSSR count). The average Bonchev–Trinajstić information content (AvgIpc) is 3.29. The third-order valence-electron chi connectivity index (χ3n) is 4.45. The molecule has 1 aliphatic heterocycles. The van der Waals surface area contributed by atoms with Crippen molar-refractivity contribution >= 4 is 16.7 Å². The van der Waals surface area contributed by atoms with E-state index in [0.29, 0.717) is 18.5 Å². The molecule has 2 N–H and O–H groups in total. The van der Waals surface area contributed by atoms with Gasteiger partial charge in [0.05, 0.1) is 19.7 Å². The molecule has 0 amide bonds. The van der Waals surface area contributed by atoms with Gasteiger partial charge in [0.2, 0.25) is 0 Å². The van der Waals surface area contributed by atoms with Crippen molar-refractivity contribution in [2.75, 3.05) is 13.7 Å². The highest BCUT2D eigenvalue weighted by Crippen LogP contribution is 2.42. The molecule has 1 saturated carbocycles. The van der Waals surface area contributed by atoms with Crippen molar-refractivity contribution in [3.63, 3.8) is 0 Å². The Morgan fingerprint density at radius 3 is 2.76 bits per heavy atom. The summed E-state index contributed by atoms with van der Waals surface area (Å²) >= 11 is 0. The van der Waals surface area contributed by atoms with E-state index in [9.17, 15) is 0 Å². The Balaban J connectivity index is 1.88. The van der Waals surface area contributed by atoms with Crippen LogP contribution in [-0.4, -0.2) is 30.6 Å². The molecule has 21 heavy (non-hydrogen) atoms. The number of fused-ring (bicyclic) bond motifs is 1. The molecule has 1 fully saturated rings. The van der Waals surface area contributed by atoms with Gasteiger partial charge >= 0.3 is 0 Å². The number of nitrogens with two attached hydrogens (primary N) is 1. The monoisotopic (exact) mass is 281 g/mol. The molecule has 1 aliphatic carbocycles. The summed E-state index contributed by atoms with van der Waals surface area (Å²) in [4.78, 5) is 6.77. The highest BCUT2D eigenvalue weighted by Gasteiger charge is 2.40. The highest BCUT2D eigenvalue weighted by molar-refractivity contribution is 5.90. The van der Waals surface area contributed by atoms with Crippen molar-refractivity contribution < 1.29 is 4.74 Å². The van der Waals surface area contributed by atoms with Crippen LogP contribution >= 0.6 is 0 Å². The van der Waals surface area contributed by atoms with Crippen LogP contribution in [0.25, 0.3) is 10.8 Å². The number of hydrogen-bond donors (Lipinski definition) is 1. The van der Waals surface area contributed by atoms with Gasteiger partial charge in [0.15, 0.2) is 5.96 Å². The molecule has 108 valence electrons. The van der Waals surface area contributed by atoms with Crippen molar-refractivity contribution in [2.45, 2.75) is 24.9 Å². The molecule has 1 heterocycles. The van der Waals surface area contributed by atoms with Crippen LogP contribution in [0.4, 0.5) is 0 Å². The van der Waals surface area contributed by atoms with Gasteiger partial charge in [-0.05, 0) is 29.7 Å². The Bertz CT molecular complexity index is 721. The van der Waals surface area contributed by atoms with Crippen LogP contribution in [0, 0.1) is 0 Å². The van der Waals surface area contributed by atoms with E-state index < -0.39 is 0 Å². The van der Waals surface area contributed by atoms with E-state index in [4.69, 9.17) is 10.5 Å². The molecule has 0 bridgehead atoms. The summed E-state index contributed by atoms with van der Waals surface area (Å²) < 4.78 is 5.63. The van der Waals surface area contributed by atoms with Gasteiger partial charge in [0.25, 0.3) is 0 Å². The summed E-state index contributed by atoms with van der Waals surface area (Å²) in [5.41, 5.74) is 7.33. The molecule has 0 saturated heterocycles. The molecule has 0 radical (unpaired) electrons. The lowest BCUT2D eigenvalue weighted by molar-refractivity contribution is 0.325. The minimum absolute atomic E-state index is 0.193. The number of rotatable bonds is 3. The quantitative estimate of drug-likeness (QED) is 0.941. The van der Waals surface area contributed by atoms with Crippen LogP contribution in [0.15, 0.2) is 41.4 Å². The molecule has 2 aliphatic rings. The van der Waals surface area contributed by atoms with Crippen molar-refractivity contribution in [2.24, 2.45) is 10.7 Å². The predicted octanol–water partition coefficient (Wildman–Crippen LogP) is 2.68. The van der Waals surface area contributed by atoms with E-state index in [1.807, 2.05) is 0 Å². The van der Waals surface area contributed by atoms with Gasteiger partial charge in [0.1, 0.15) is 5.75 Å². The van der Waals surface area contributed by atoms with Crippen LogP contribution in [0.3, 0.4) is 0 Å². The lowest BCUT2D eigenvalue weighted by Crippen LogP contribution is -2.38. The molecule has 4 nitrogen and oxygen atoms in total. The van der Waals surface area contributed by atoms with Crippen molar-refractivity contribution in [1.82, 2.24) is 4.90 Å². The Labute approximate surface area is 124 Å². The first-order valence-corrected chi connectivity index (χ1v) is 7.43. The van der Waals surface area contributed by atoms with Gasteiger partial charge < -0.3 is 15.4 Å². The lowest BCUT2D eigenvalue weighted by atomic mass is 9.97. The molecule has 2 aromatic rings. The zero-order valence-electron chi connectivity index (χ0n) is 12.1. The van der Waals surface area contributed by atoms with Gasteiger partial charge in [-0.25, -0.2) is 0 Å². The maximum atomic E-state index is 6.12. The summed E-state index contributed by atoms with van der Waals surface area (Å²) in [5, 5.41) is 2.46. The summed E-state index contributed by atoms with van der Waals surface area (Å²) in [6.45, 7) is 0.715. The maximum absolute atomic E-state index is 6.12. The van der Waals surface area contributed by atoms with E-state index >= 15 is 0 Å². The number of ether oxygens (including phenoxy) is 1. The summed E-state index contributed by atoms with van der Waals surface area (Å²) in [5.74, 6) is 1.60. The summed E-state index contributed by atoms with van der Waals surface area (Å²) in [6.07, 6.45) is 2.42.